The van der Waals surface area contributed by atoms with Gasteiger partial charge in [0.15, 0.2) is 0 Å². The van der Waals surface area contributed by atoms with E-state index < -0.39 is 11.7 Å². The molecule has 0 amide bonds. The molecule has 0 spiro atoms. The summed E-state index contributed by atoms with van der Waals surface area (Å²) in [5.74, 6) is 5.46. The first-order valence-electron chi connectivity index (χ1n) is 16.2. The SMILES string of the molecule is CC(C)CCC[C@@H](C)[C@H]1CC[C@H]2[C@@H]3CCC4C(Cc5ccc(C(F)(F)F)cc5)C(O)CC[C@]4(C)[C@H]3CC[C@]12C. The molecule has 1 aromatic rings. The molecule has 4 heteroatoms. The Morgan fingerprint density at radius 1 is 0.821 bits per heavy atom. The van der Waals surface area contributed by atoms with E-state index in [-0.39, 0.29) is 17.4 Å². The summed E-state index contributed by atoms with van der Waals surface area (Å²) in [6.45, 7) is 12.4. The molecule has 0 radical (unpaired) electrons. The summed E-state index contributed by atoms with van der Waals surface area (Å²) in [4.78, 5) is 0. The van der Waals surface area contributed by atoms with Crippen LogP contribution in [0.15, 0.2) is 24.3 Å². The number of aliphatic hydroxyl groups is 1. The first-order chi connectivity index (χ1) is 18.3. The van der Waals surface area contributed by atoms with Crippen molar-refractivity contribution in [2.45, 2.75) is 124 Å². The lowest BCUT2D eigenvalue weighted by Crippen LogP contribution is -2.57. The van der Waals surface area contributed by atoms with Crippen LogP contribution in [0.3, 0.4) is 0 Å². The molecule has 4 fully saturated rings. The van der Waals surface area contributed by atoms with E-state index in [2.05, 4.69) is 34.6 Å². The third-order valence-corrected chi connectivity index (χ3v) is 12.9. The first-order valence-corrected chi connectivity index (χ1v) is 16.2. The van der Waals surface area contributed by atoms with Crippen molar-refractivity contribution in [1.82, 2.24) is 0 Å². The number of aliphatic hydroxyl groups excluding tert-OH is 1. The molecule has 1 nitrogen and oxygen atoms in total. The molecule has 0 saturated heterocycles. The molecule has 0 heterocycles. The molecule has 1 N–H and O–H groups in total. The van der Waals surface area contributed by atoms with Crippen LogP contribution in [0.2, 0.25) is 0 Å². The summed E-state index contributed by atoms with van der Waals surface area (Å²) in [6.07, 6.45) is 9.98. The maximum Gasteiger partial charge on any atom is 0.416 e. The van der Waals surface area contributed by atoms with Crippen molar-refractivity contribution in [3.05, 3.63) is 35.4 Å². The maximum absolute atomic E-state index is 13.1. The third-order valence-electron chi connectivity index (χ3n) is 12.9. The molecule has 10 atom stereocenters. The number of alkyl halides is 3. The predicted molar refractivity (Wildman–Crippen MR) is 153 cm³/mol. The van der Waals surface area contributed by atoms with Gasteiger partial charge in [-0.25, -0.2) is 0 Å². The number of fused-ring (bicyclic) bond motifs is 5. The number of rotatable bonds is 7. The van der Waals surface area contributed by atoms with Gasteiger partial charge in [0.2, 0.25) is 0 Å². The Balaban J connectivity index is 1.30. The zero-order valence-electron chi connectivity index (χ0n) is 25.1. The average molecular weight is 547 g/mol. The zero-order chi connectivity index (χ0) is 28.2. The fourth-order valence-electron chi connectivity index (χ4n) is 10.9. The van der Waals surface area contributed by atoms with Crippen LogP contribution in [0.5, 0.6) is 0 Å². The van der Waals surface area contributed by atoms with Crippen LogP contribution in [0.25, 0.3) is 0 Å². The van der Waals surface area contributed by atoms with Crippen LogP contribution in [0.1, 0.15) is 116 Å². The van der Waals surface area contributed by atoms with Crippen molar-refractivity contribution in [3.63, 3.8) is 0 Å². The van der Waals surface area contributed by atoms with Crippen LogP contribution in [0.4, 0.5) is 13.2 Å². The third kappa shape index (κ3) is 5.46. The Kier molecular flexibility index (Phi) is 8.30. The molecular weight excluding hydrogens is 493 g/mol. The van der Waals surface area contributed by atoms with Gasteiger partial charge >= 0.3 is 6.18 Å². The molecule has 0 aromatic heterocycles. The van der Waals surface area contributed by atoms with Crippen molar-refractivity contribution >= 4 is 0 Å². The van der Waals surface area contributed by atoms with E-state index in [0.717, 1.165) is 53.9 Å². The van der Waals surface area contributed by atoms with Gasteiger partial charge in [-0.15, -0.1) is 0 Å². The Morgan fingerprint density at radius 3 is 2.13 bits per heavy atom. The minimum Gasteiger partial charge on any atom is -0.393 e. The number of halogens is 3. The summed E-state index contributed by atoms with van der Waals surface area (Å²) in [5.41, 5.74) is 1.06. The van der Waals surface area contributed by atoms with Crippen LogP contribution >= 0.6 is 0 Å². The van der Waals surface area contributed by atoms with E-state index in [1.165, 1.54) is 69.9 Å². The standard InChI is InChI=1S/C35H53F3O/c1-22(2)7-6-8-23(3)28-15-16-29-26-13-14-30-27(21-24-9-11-25(12-10-24)35(36,37)38)32(39)18-20-34(30,5)31(26)17-19-33(28,29)4/h9-12,22-23,26-32,39H,6-8,13-21H2,1-5H3/t23-,26+,27?,28-,29+,30?,31+,32?,33-,34+/m1/s1. The van der Waals surface area contributed by atoms with Crippen molar-refractivity contribution < 1.29 is 18.3 Å². The van der Waals surface area contributed by atoms with Crippen molar-refractivity contribution in [1.29, 1.82) is 0 Å². The van der Waals surface area contributed by atoms with Gasteiger partial charge < -0.3 is 5.11 Å². The molecule has 0 bridgehead atoms. The van der Waals surface area contributed by atoms with Gasteiger partial charge in [0.1, 0.15) is 0 Å². The number of hydrogen-bond acceptors (Lipinski definition) is 1. The van der Waals surface area contributed by atoms with Crippen LogP contribution in [-0.4, -0.2) is 11.2 Å². The largest absolute Gasteiger partial charge is 0.416 e. The van der Waals surface area contributed by atoms with Crippen molar-refractivity contribution in [3.8, 4) is 0 Å². The van der Waals surface area contributed by atoms with E-state index >= 15 is 0 Å². The predicted octanol–water partition coefficient (Wildman–Crippen LogP) is 9.96. The second-order valence-corrected chi connectivity index (χ2v) is 15.3. The van der Waals surface area contributed by atoms with Gasteiger partial charge in [-0.05, 0) is 134 Å². The summed E-state index contributed by atoms with van der Waals surface area (Å²) >= 11 is 0. The van der Waals surface area contributed by atoms with E-state index in [1.54, 1.807) is 12.1 Å². The quantitative estimate of drug-likeness (QED) is 0.361. The van der Waals surface area contributed by atoms with Gasteiger partial charge in [-0.3, -0.25) is 0 Å². The van der Waals surface area contributed by atoms with Gasteiger partial charge in [-0.2, -0.15) is 13.2 Å². The smallest absolute Gasteiger partial charge is 0.393 e. The molecule has 39 heavy (non-hydrogen) atoms. The maximum atomic E-state index is 13.1. The summed E-state index contributed by atoms with van der Waals surface area (Å²) < 4.78 is 39.3. The molecule has 0 aliphatic heterocycles. The molecule has 4 saturated carbocycles. The normalized spacial score (nSPS) is 41.1. The highest BCUT2D eigenvalue weighted by Crippen LogP contribution is 2.69. The van der Waals surface area contributed by atoms with Gasteiger partial charge in [0, 0.05) is 0 Å². The van der Waals surface area contributed by atoms with Gasteiger partial charge in [-0.1, -0.05) is 66.0 Å². The fourth-order valence-corrected chi connectivity index (χ4v) is 10.9. The van der Waals surface area contributed by atoms with Crippen LogP contribution in [0, 0.1) is 58.2 Å². The summed E-state index contributed by atoms with van der Waals surface area (Å²) in [7, 11) is 0. The Bertz CT molecular complexity index is 969. The number of benzene rings is 1. The molecule has 1 aromatic carbocycles. The minimum absolute atomic E-state index is 0.145. The summed E-state index contributed by atoms with van der Waals surface area (Å²) in [5, 5.41) is 11.2. The molecule has 220 valence electrons. The van der Waals surface area contributed by atoms with E-state index in [9.17, 15) is 18.3 Å². The summed E-state index contributed by atoms with van der Waals surface area (Å²) in [6, 6.07) is 5.70. The first kappa shape index (κ1) is 29.5. The highest BCUT2D eigenvalue weighted by atomic mass is 19.4. The number of hydrogen-bond donors (Lipinski definition) is 1. The second-order valence-electron chi connectivity index (χ2n) is 15.3. The monoisotopic (exact) mass is 546 g/mol. The zero-order valence-corrected chi connectivity index (χ0v) is 25.1. The van der Waals surface area contributed by atoms with Gasteiger partial charge in [0.25, 0.3) is 0 Å². The molecule has 4 aliphatic rings. The Labute approximate surface area is 235 Å². The minimum atomic E-state index is -4.31. The fraction of sp³-hybridized carbons (Fsp3) is 0.829. The lowest BCUT2D eigenvalue weighted by atomic mass is 9.42. The van der Waals surface area contributed by atoms with Crippen molar-refractivity contribution in [2.24, 2.45) is 58.2 Å². The molecular formula is C35H53F3O. The van der Waals surface area contributed by atoms with Crippen LogP contribution in [-0.2, 0) is 12.6 Å². The van der Waals surface area contributed by atoms with Crippen LogP contribution < -0.4 is 0 Å². The van der Waals surface area contributed by atoms with E-state index in [1.807, 2.05) is 0 Å². The molecule has 3 unspecified atom stereocenters. The molecule has 5 rings (SSSR count). The topological polar surface area (TPSA) is 20.2 Å². The Hall–Kier alpha value is -1.03. The highest BCUT2D eigenvalue weighted by Gasteiger charge is 2.61. The lowest BCUT2D eigenvalue weighted by molar-refractivity contribution is -0.152. The van der Waals surface area contributed by atoms with E-state index in [4.69, 9.17) is 0 Å². The lowest BCUT2D eigenvalue weighted by Gasteiger charge is -2.63. The highest BCUT2D eigenvalue weighted by molar-refractivity contribution is 5.25. The average Bonchev–Trinajstić information content (AvgIpc) is 3.23. The van der Waals surface area contributed by atoms with Gasteiger partial charge in [0.05, 0.1) is 11.7 Å². The van der Waals surface area contributed by atoms with Crippen molar-refractivity contribution in [2.75, 3.05) is 0 Å². The Morgan fingerprint density at radius 2 is 1.46 bits per heavy atom. The second kappa shape index (κ2) is 11.0. The van der Waals surface area contributed by atoms with E-state index in [0.29, 0.717) is 17.8 Å². The molecule has 4 aliphatic carbocycles.